The molecular weight excluding hydrogens is 512 g/mol. The molecule has 10 heteroatoms. The van der Waals surface area contributed by atoms with Gasteiger partial charge in [0, 0.05) is 9.89 Å². The molecule has 2 fully saturated rings. The number of hydrogen-bond donors (Lipinski definition) is 2. The lowest BCUT2D eigenvalue weighted by molar-refractivity contribution is -0.123. The number of nitrogens with zero attached hydrogens (tertiary/aromatic N) is 4. The summed E-state index contributed by atoms with van der Waals surface area (Å²) >= 11 is 3.41. The van der Waals surface area contributed by atoms with Crippen LogP contribution in [-0.2, 0) is 16.6 Å². The minimum atomic E-state index is -0.967. The van der Waals surface area contributed by atoms with Crippen molar-refractivity contribution in [3.63, 3.8) is 0 Å². The smallest absolute Gasteiger partial charge is 0.270 e. The average molecular weight is 539 g/mol. The molecule has 3 aromatic rings. The first kappa shape index (κ1) is 23.5. The Morgan fingerprint density at radius 1 is 1.31 bits per heavy atom. The number of amides is 2. The van der Waals surface area contributed by atoms with Gasteiger partial charge in [-0.2, -0.15) is 10.4 Å². The van der Waals surface area contributed by atoms with E-state index in [2.05, 4.69) is 37.6 Å². The minimum Gasteiger partial charge on any atom is -0.441 e. The van der Waals surface area contributed by atoms with E-state index in [1.54, 1.807) is 16.8 Å². The minimum absolute atomic E-state index is 0.0507. The summed E-state index contributed by atoms with van der Waals surface area (Å²) in [4.78, 5) is 31.1. The zero-order chi connectivity index (χ0) is 25.0. The highest BCUT2D eigenvalue weighted by atomic mass is 79.9. The van der Waals surface area contributed by atoms with Gasteiger partial charge < -0.3 is 15.1 Å². The second-order valence-corrected chi connectivity index (χ2v) is 11.4. The Labute approximate surface area is 211 Å². The summed E-state index contributed by atoms with van der Waals surface area (Å²) in [5, 5.41) is 19.8. The topological polar surface area (TPSA) is 126 Å². The van der Waals surface area contributed by atoms with Crippen molar-refractivity contribution in [2.24, 2.45) is 0 Å². The Hall–Kier alpha value is -3.19. The lowest BCUT2D eigenvalue weighted by atomic mass is 9.92. The van der Waals surface area contributed by atoms with Crippen molar-refractivity contribution < 1.29 is 14.0 Å². The van der Waals surface area contributed by atoms with Crippen LogP contribution in [0.25, 0.3) is 11.1 Å². The molecule has 2 saturated carbocycles. The van der Waals surface area contributed by atoms with Crippen molar-refractivity contribution in [3.8, 4) is 6.07 Å². The molecule has 2 amide bonds. The highest BCUT2D eigenvalue weighted by Gasteiger charge is 2.46. The Bertz CT molecular complexity index is 1350. The number of nitriles is 1. The number of nitrogens with one attached hydrogen (secondary N) is 2. The van der Waals surface area contributed by atoms with Crippen molar-refractivity contribution in [1.29, 1.82) is 5.26 Å². The van der Waals surface area contributed by atoms with Crippen molar-refractivity contribution in [1.82, 2.24) is 25.4 Å². The molecule has 1 aromatic carbocycles. The molecular formula is C25H27BrN6O3. The molecule has 2 aliphatic carbocycles. The molecule has 0 bridgehead atoms. The third kappa shape index (κ3) is 4.96. The molecule has 0 aliphatic heterocycles. The van der Waals surface area contributed by atoms with E-state index in [1.807, 2.05) is 32.9 Å². The molecule has 2 N–H and O–H groups in total. The van der Waals surface area contributed by atoms with E-state index in [4.69, 9.17) is 9.52 Å². The van der Waals surface area contributed by atoms with Crippen LogP contribution in [0.3, 0.4) is 0 Å². The van der Waals surface area contributed by atoms with E-state index in [0.29, 0.717) is 35.5 Å². The van der Waals surface area contributed by atoms with Crippen LogP contribution in [0.4, 0.5) is 0 Å². The monoisotopic (exact) mass is 538 g/mol. The third-order valence-electron chi connectivity index (χ3n) is 6.35. The molecule has 5 rings (SSSR count). The number of hydrogen-bond acceptors (Lipinski definition) is 6. The fourth-order valence-electron chi connectivity index (χ4n) is 3.89. The Balaban J connectivity index is 1.42. The van der Waals surface area contributed by atoms with Crippen LogP contribution in [0, 0.1) is 11.3 Å². The Morgan fingerprint density at radius 3 is 2.69 bits per heavy atom. The van der Waals surface area contributed by atoms with Gasteiger partial charge in [0.15, 0.2) is 11.5 Å². The first-order chi connectivity index (χ1) is 16.6. The highest BCUT2D eigenvalue weighted by molar-refractivity contribution is 9.10. The molecule has 0 radical (unpaired) electrons. The number of oxazole rings is 1. The van der Waals surface area contributed by atoms with Gasteiger partial charge in [0.05, 0.1) is 24.2 Å². The van der Waals surface area contributed by atoms with Crippen LogP contribution in [0.1, 0.15) is 74.6 Å². The lowest BCUT2D eigenvalue weighted by Gasteiger charge is -2.19. The van der Waals surface area contributed by atoms with Gasteiger partial charge in [-0.25, -0.2) is 4.98 Å². The van der Waals surface area contributed by atoms with Crippen LogP contribution in [0.2, 0.25) is 0 Å². The number of aromatic nitrogens is 3. The summed E-state index contributed by atoms with van der Waals surface area (Å²) in [6, 6.07) is 8.67. The van der Waals surface area contributed by atoms with Gasteiger partial charge in [-0.1, -0.05) is 36.7 Å². The van der Waals surface area contributed by atoms with Gasteiger partial charge in [0.1, 0.15) is 22.8 Å². The molecule has 1 unspecified atom stereocenters. The number of halogens is 1. The first-order valence-electron chi connectivity index (χ1n) is 11.8. The first-order valence-corrected chi connectivity index (χ1v) is 12.6. The maximum absolute atomic E-state index is 13.4. The number of carbonyl (C=O) groups is 2. The van der Waals surface area contributed by atoms with Crippen molar-refractivity contribution in [2.45, 2.75) is 75.9 Å². The summed E-state index contributed by atoms with van der Waals surface area (Å²) in [6.07, 6.45) is 3.18. The summed E-state index contributed by atoms with van der Waals surface area (Å²) in [5.74, 6) is -0.499. The van der Waals surface area contributed by atoms with E-state index in [-0.39, 0.29) is 23.8 Å². The Kier molecular flexibility index (Phi) is 5.71. The lowest BCUT2D eigenvalue weighted by Crippen LogP contribution is -2.51. The van der Waals surface area contributed by atoms with Gasteiger partial charge >= 0.3 is 0 Å². The molecule has 2 heterocycles. The van der Waals surface area contributed by atoms with Gasteiger partial charge in [-0.05, 0) is 49.9 Å². The van der Waals surface area contributed by atoms with Gasteiger partial charge in [-0.3, -0.25) is 14.3 Å². The Morgan fingerprint density at radius 2 is 2.06 bits per heavy atom. The fraction of sp³-hybridized carbons (Fsp3) is 0.480. The molecule has 0 saturated heterocycles. The quantitative estimate of drug-likeness (QED) is 0.469. The number of rotatable bonds is 7. The predicted molar refractivity (Wildman–Crippen MR) is 132 cm³/mol. The average Bonchev–Trinajstić information content (AvgIpc) is 3.70. The number of benzene rings is 1. The van der Waals surface area contributed by atoms with Crippen LogP contribution in [-0.4, -0.2) is 38.2 Å². The maximum Gasteiger partial charge on any atom is 0.270 e. The zero-order valence-corrected chi connectivity index (χ0v) is 21.5. The zero-order valence-electron chi connectivity index (χ0n) is 19.9. The van der Waals surface area contributed by atoms with Crippen molar-refractivity contribution in [2.75, 3.05) is 0 Å². The summed E-state index contributed by atoms with van der Waals surface area (Å²) in [5.41, 5.74) is 1.41. The SMILES string of the molecule is CC(C)(C)c1cc(C(=O)NC(Cc2nc3ccc(Br)cc3o2)C(=O)NC2(C#N)CC2)n(C2CC2)n1. The largest absolute Gasteiger partial charge is 0.441 e. The van der Waals surface area contributed by atoms with Crippen LogP contribution < -0.4 is 10.6 Å². The summed E-state index contributed by atoms with van der Waals surface area (Å²) < 4.78 is 8.48. The molecule has 9 nitrogen and oxygen atoms in total. The molecule has 35 heavy (non-hydrogen) atoms. The predicted octanol–water partition coefficient (Wildman–Crippen LogP) is 3.93. The van der Waals surface area contributed by atoms with E-state index in [1.165, 1.54) is 0 Å². The molecule has 2 aliphatic rings. The van der Waals surface area contributed by atoms with Crippen LogP contribution in [0.15, 0.2) is 33.2 Å². The van der Waals surface area contributed by atoms with Gasteiger partial charge in [0.2, 0.25) is 5.91 Å². The van der Waals surface area contributed by atoms with Crippen molar-refractivity contribution >= 4 is 38.8 Å². The van der Waals surface area contributed by atoms with Crippen molar-refractivity contribution in [3.05, 3.63) is 46.0 Å². The molecule has 1 atom stereocenters. The highest BCUT2D eigenvalue weighted by Crippen LogP contribution is 2.37. The van der Waals surface area contributed by atoms with E-state index >= 15 is 0 Å². The van der Waals surface area contributed by atoms with E-state index in [0.717, 1.165) is 23.0 Å². The standard InChI is InChI=1S/C25H27BrN6O3/c1-24(2,3)20-12-18(32(31-20)15-5-6-15)23(34)29-17(22(33)30-25(13-27)8-9-25)11-21-28-16-7-4-14(26)10-19(16)35-21/h4,7,10,12,15,17H,5-6,8-9,11H2,1-3H3,(H,29,34)(H,30,33). The second kappa shape index (κ2) is 8.48. The summed E-state index contributed by atoms with van der Waals surface area (Å²) in [7, 11) is 0. The van der Waals surface area contributed by atoms with Crippen LogP contribution in [0.5, 0.6) is 0 Å². The molecule has 182 valence electrons. The fourth-order valence-corrected chi connectivity index (χ4v) is 4.23. The van der Waals surface area contributed by atoms with Gasteiger partial charge in [-0.15, -0.1) is 0 Å². The van der Waals surface area contributed by atoms with E-state index in [9.17, 15) is 14.9 Å². The number of fused-ring (bicyclic) bond motifs is 1. The molecule has 0 spiro atoms. The van der Waals surface area contributed by atoms with Crippen LogP contribution >= 0.6 is 15.9 Å². The van der Waals surface area contributed by atoms with E-state index < -0.39 is 17.5 Å². The number of carbonyl (C=O) groups excluding carboxylic acids is 2. The van der Waals surface area contributed by atoms with Gasteiger partial charge in [0.25, 0.3) is 5.91 Å². The maximum atomic E-state index is 13.4. The normalized spacial score (nSPS) is 17.6. The summed E-state index contributed by atoms with van der Waals surface area (Å²) in [6.45, 7) is 6.15. The molecule has 2 aromatic heterocycles. The second-order valence-electron chi connectivity index (χ2n) is 10.5. The third-order valence-corrected chi connectivity index (χ3v) is 6.84.